The third kappa shape index (κ3) is 3.03. The number of carbonyl (C=O) groups excluding carboxylic acids is 1. The van der Waals surface area contributed by atoms with Crippen molar-refractivity contribution in [3.05, 3.63) is 12.2 Å². The van der Waals surface area contributed by atoms with E-state index in [1.807, 2.05) is 0 Å². The lowest BCUT2D eigenvalue weighted by Gasteiger charge is -2.07. The summed E-state index contributed by atoms with van der Waals surface area (Å²) >= 11 is 0. The second kappa shape index (κ2) is 3.38. The summed E-state index contributed by atoms with van der Waals surface area (Å²) in [6.45, 7) is 2.53. The smallest absolute Gasteiger partial charge is 0.277 e. The summed E-state index contributed by atoms with van der Waals surface area (Å²) in [6, 6.07) is 0. The molecule has 0 spiro atoms. The Labute approximate surface area is 60.8 Å². The van der Waals surface area contributed by atoms with Crippen LogP contribution in [-0.2, 0) is 9.63 Å². The Morgan fingerprint density at radius 3 is 2.27 bits per heavy atom. The van der Waals surface area contributed by atoms with E-state index in [0.717, 1.165) is 7.11 Å². The molecule has 1 N–H and O–H groups in total. The van der Waals surface area contributed by atoms with Crippen LogP contribution in [0.4, 0.5) is 13.2 Å². The molecule has 0 atom stereocenters. The van der Waals surface area contributed by atoms with Gasteiger partial charge < -0.3 is 0 Å². The Hall–Kier alpha value is -1.04. The van der Waals surface area contributed by atoms with Gasteiger partial charge in [0.25, 0.3) is 5.91 Å². The van der Waals surface area contributed by atoms with Crippen LogP contribution >= 0.6 is 0 Å². The number of nitrogens with one attached hydrogen (secondary N) is 1. The summed E-state index contributed by atoms with van der Waals surface area (Å²) in [6.07, 6.45) is -4.71. The summed E-state index contributed by atoms with van der Waals surface area (Å²) in [5, 5.41) is 0. The molecule has 0 radical (unpaired) electrons. The lowest BCUT2D eigenvalue weighted by Crippen LogP contribution is -2.30. The van der Waals surface area contributed by atoms with E-state index in [1.54, 1.807) is 0 Å². The van der Waals surface area contributed by atoms with Gasteiger partial charge in [0.2, 0.25) is 0 Å². The van der Waals surface area contributed by atoms with Gasteiger partial charge in [-0.3, -0.25) is 9.63 Å². The molecule has 6 heteroatoms. The predicted octanol–water partition coefficient (Wildman–Crippen LogP) is 0.782. The van der Waals surface area contributed by atoms with Crippen LogP contribution in [0.15, 0.2) is 12.2 Å². The molecule has 0 rings (SSSR count). The van der Waals surface area contributed by atoms with Crippen molar-refractivity contribution in [1.29, 1.82) is 0 Å². The van der Waals surface area contributed by atoms with E-state index in [4.69, 9.17) is 0 Å². The van der Waals surface area contributed by atoms with Crippen LogP contribution in [0.5, 0.6) is 0 Å². The highest BCUT2D eigenvalue weighted by molar-refractivity contribution is 5.93. The number of alkyl halides is 3. The largest absolute Gasteiger partial charge is 0.421 e. The third-order valence-corrected chi connectivity index (χ3v) is 0.811. The predicted molar refractivity (Wildman–Crippen MR) is 30.3 cm³/mol. The van der Waals surface area contributed by atoms with Crippen molar-refractivity contribution in [3.8, 4) is 0 Å². The zero-order valence-electron chi connectivity index (χ0n) is 5.66. The van der Waals surface area contributed by atoms with Gasteiger partial charge in [0.1, 0.15) is 5.57 Å². The molecule has 0 aromatic carbocycles. The summed E-state index contributed by atoms with van der Waals surface area (Å²) < 4.78 is 34.8. The number of hydrogen-bond donors (Lipinski definition) is 1. The fourth-order valence-corrected chi connectivity index (χ4v) is 0.283. The Morgan fingerprint density at radius 1 is 1.55 bits per heavy atom. The molecule has 0 aromatic heterocycles. The van der Waals surface area contributed by atoms with Gasteiger partial charge in [-0.25, -0.2) is 5.48 Å². The number of hydroxylamine groups is 1. The quantitative estimate of drug-likeness (QED) is 0.490. The van der Waals surface area contributed by atoms with E-state index in [9.17, 15) is 18.0 Å². The van der Waals surface area contributed by atoms with Crippen LogP contribution < -0.4 is 5.48 Å². The van der Waals surface area contributed by atoms with Crippen LogP contribution in [-0.4, -0.2) is 19.2 Å². The normalized spacial score (nSPS) is 10.9. The van der Waals surface area contributed by atoms with E-state index in [2.05, 4.69) is 11.4 Å². The Balaban J connectivity index is 4.15. The highest BCUT2D eigenvalue weighted by atomic mass is 19.4. The molecule has 1 amide bonds. The number of carbonyl (C=O) groups is 1. The molecule has 0 saturated carbocycles. The SMILES string of the molecule is C=C(C(=O)NOC)C(F)(F)F. The maximum atomic E-state index is 11.6. The highest BCUT2D eigenvalue weighted by Gasteiger charge is 2.36. The van der Waals surface area contributed by atoms with E-state index in [0.29, 0.717) is 0 Å². The molecular weight excluding hydrogens is 163 g/mol. The number of halogens is 3. The lowest BCUT2D eigenvalue weighted by molar-refractivity contribution is -0.139. The molecule has 0 fully saturated rings. The second-order valence-corrected chi connectivity index (χ2v) is 1.61. The van der Waals surface area contributed by atoms with Gasteiger partial charge in [-0.2, -0.15) is 13.2 Å². The van der Waals surface area contributed by atoms with Gasteiger partial charge in [0, 0.05) is 0 Å². The molecule has 0 unspecified atom stereocenters. The number of hydrogen-bond acceptors (Lipinski definition) is 2. The van der Waals surface area contributed by atoms with Crippen molar-refractivity contribution < 1.29 is 22.8 Å². The van der Waals surface area contributed by atoms with E-state index in [-0.39, 0.29) is 0 Å². The van der Waals surface area contributed by atoms with Crippen molar-refractivity contribution in [2.24, 2.45) is 0 Å². The first-order chi connectivity index (χ1) is 4.89. The van der Waals surface area contributed by atoms with Crippen LogP contribution in [0.2, 0.25) is 0 Å². The topological polar surface area (TPSA) is 38.3 Å². The summed E-state index contributed by atoms with van der Waals surface area (Å²) in [7, 11) is 1.03. The average molecular weight is 169 g/mol. The summed E-state index contributed by atoms with van der Waals surface area (Å²) in [5.41, 5.74) is 0.00664. The van der Waals surface area contributed by atoms with Gasteiger partial charge in [0.05, 0.1) is 7.11 Å². The minimum atomic E-state index is -4.71. The van der Waals surface area contributed by atoms with Crippen LogP contribution in [0.25, 0.3) is 0 Å². The van der Waals surface area contributed by atoms with Crippen molar-refractivity contribution in [3.63, 3.8) is 0 Å². The van der Waals surface area contributed by atoms with E-state index < -0.39 is 17.7 Å². The Morgan fingerprint density at radius 2 is 2.00 bits per heavy atom. The molecule has 0 heterocycles. The first-order valence-corrected chi connectivity index (χ1v) is 2.49. The van der Waals surface area contributed by atoms with E-state index >= 15 is 0 Å². The maximum Gasteiger partial charge on any atom is 0.421 e. The van der Waals surface area contributed by atoms with Gasteiger partial charge in [-0.1, -0.05) is 6.58 Å². The molecule has 0 aliphatic carbocycles. The number of rotatable bonds is 2. The first-order valence-electron chi connectivity index (χ1n) is 2.49. The molecule has 0 saturated heterocycles. The van der Waals surface area contributed by atoms with Crippen LogP contribution in [0.3, 0.4) is 0 Å². The van der Waals surface area contributed by atoms with Crippen LogP contribution in [0, 0.1) is 0 Å². The van der Waals surface area contributed by atoms with Crippen molar-refractivity contribution >= 4 is 5.91 Å². The van der Waals surface area contributed by atoms with Crippen molar-refractivity contribution in [2.45, 2.75) is 6.18 Å². The fourth-order valence-electron chi connectivity index (χ4n) is 0.283. The van der Waals surface area contributed by atoms with Gasteiger partial charge in [-0.05, 0) is 0 Å². The monoisotopic (exact) mass is 169 g/mol. The summed E-state index contributed by atoms with van der Waals surface area (Å²) in [4.78, 5) is 14.3. The third-order valence-electron chi connectivity index (χ3n) is 0.811. The van der Waals surface area contributed by atoms with Gasteiger partial charge >= 0.3 is 6.18 Å². The maximum absolute atomic E-state index is 11.6. The molecule has 64 valence electrons. The van der Waals surface area contributed by atoms with Crippen molar-refractivity contribution in [1.82, 2.24) is 5.48 Å². The Kier molecular flexibility index (Phi) is 3.06. The van der Waals surface area contributed by atoms with E-state index in [1.165, 1.54) is 5.48 Å². The lowest BCUT2D eigenvalue weighted by atomic mass is 10.3. The molecule has 11 heavy (non-hydrogen) atoms. The molecule has 0 aromatic rings. The average Bonchev–Trinajstić information content (AvgIpc) is 1.85. The summed E-state index contributed by atoms with van der Waals surface area (Å²) in [5.74, 6) is -1.39. The Bertz CT molecular complexity index is 175. The zero-order valence-corrected chi connectivity index (χ0v) is 5.66. The van der Waals surface area contributed by atoms with Gasteiger partial charge in [-0.15, -0.1) is 0 Å². The number of amides is 1. The fraction of sp³-hybridized carbons (Fsp3) is 0.400. The standard InChI is InChI=1S/C5H6F3NO2/c1-3(5(6,7)8)4(10)9-11-2/h1H2,2H3,(H,9,10). The van der Waals surface area contributed by atoms with Crippen molar-refractivity contribution in [2.75, 3.05) is 7.11 Å². The first kappa shape index (κ1) is 9.96. The minimum absolute atomic E-state index is 1.03. The zero-order chi connectivity index (χ0) is 9.07. The molecule has 0 aliphatic rings. The van der Waals surface area contributed by atoms with Crippen LogP contribution in [0.1, 0.15) is 0 Å². The molecule has 0 bridgehead atoms. The van der Waals surface area contributed by atoms with Gasteiger partial charge in [0.15, 0.2) is 0 Å². The molecular formula is C5H6F3NO2. The highest BCUT2D eigenvalue weighted by Crippen LogP contribution is 2.23. The molecule has 3 nitrogen and oxygen atoms in total. The minimum Gasteiger partial charge on any atom is -0.277 e. The molecule has 0 aliphatic heterocycles. The second-order valence-electron chi connectivity index (χ2n) is 1.61.